The molecular weight excluding hydrogens is 168 g/mol. The Morgan fingerprint density at radius 2 is 1.79 bits per heavy atom. The maximum Gasteiger partial charge on any atom is -0.00992 e. The van der Waals surface area contributed by atoms with Gasteiger partial charge in [-0.25, -0.2) is 0 Å². The van der Waals surface area contributed by atoms with Crippen LogP contribution in [0.1, 0.15) is 5.56 Å². The quantitative estimate of drug-likeness (QED) is 0.657. The molecule has 0 spiro atoms. The molecule has 1 radical (unpaired) electrons. The van der Waals surface area contributed by atoms with E-state index in [4.69, 9.17) is 0 Å². The third kappa shape index (κ3) is 1.74. The Morgan fingerprint density at radius 3 is 2.36 bits per heavy atom. The molecule has 0 heterocycles. The van der Waals surface area contributed by atoms with Crippen LogP contribution in [0.4, 0.5) is 0 Å². The van der Waals surface area contributed by atoms with Gasteiger partial charge >= 0.3 is 0 Å². The van der Waals surface area contributed by atoms with Crippen LogP contribution in [0.3, 0.4) is 0 Å². The van der Waals surface area contributed by atoms with Crippen LogP contribution in [0.15, 0.2) is 55.1 Å². The highest BCUT2D eigenvalue weighted by atomic mass is 14.0. The molecule has 0 saturated carbocycles. The third-order valence-corrected chi connectivity index (χ3v) is 2.17. The Balaban J connectivity index is 2.39. The van der Waals surface area contributed by atoms with Crippen LogP contribution in [0.25, 0.3) is 17.2 Å². The molecule has 2 rings (SSSR count). The lowest BCUT2D eigenvalue weighted by molar-refractivity contribution is 1.59. The van der Waals surface area contributed by atoms with E-state index in [2.05, 4.69) is 43.0 Å². The molecule has 0 amide bonds. The average molecular weight is 179 g/mol. The molecule has 0 aliphatic carbocycles. The van der Waals surface area contributed by atoms with E-state index in [0.717, 1.165) is 11.1 Å². The fourth-order valence-corrected chi connectivity index (χ4v) is 1.37. The molecule has 0 unspecified atom stereocenters. The first kappa shape index (κ1) is 8.76. The van der Waals surface area contributed by atoms with E-state index in [1.165, 1.54) is 5.56 Å². The van der Waals surface area contributed by atoms with Gasteiger partial charge in [0.05, 0.1) is 0 Å². The summed E-state index contributed by atoms with van der Waals surface area (Å²) >= 11 is 0. The van der Waals surface area contributed by atoms with Crippen molar-refractivity contribution in [1.29, 1.82) is 0 Å². The van der Waals surface area contributed by atoms with Crippen molar-refractivity contribution < 1.29 is 0 Å². The molecular formula is C14H11. The first-order chi connectivity index (χ1) is 6.90. The lowest BCUT2D eigenvalue weighted by Gasteiger charge is -2.00. The summed E-state index contributed by atoms with van der Waals surface area (Å²) in [6.45, 7) is 3.73. The smallest absolute Gasteiger partial charge is 0.00992 e. The van der Waals surface area contributed by atoms with Crippen LogP contribution < -0.4 is 0 Å². The van der Waals surface area contributed by atoms with Crippen molar-refractivity contribution in [3.05, 3.63) is 66.7 Å². The van der Waals surface area contributed by atoms with Crippen molar-refractivity contribution in [2.45, 2.75) is 0 Å². The second kappa shape index (κ2) is 3.93. The van der Waals surface area contributed by atoms with E-state index in [1.807, 2.05) is 24.3 Å². The third-order valence-electron chi connectivity index (χ3n) is 2.17. The number of hydrogen-bond donors (Lipinski definition) is 0. The summed E-state index contributed by atoms with van der Waals surface area (Å²) in [6, 6.07) is 19.5. The summed E-state index contributed by atoms with van der Waals surface area (Å²) in [5, 5.41) is 0. The van der Waals surface area contributed by atoms with Gasteiger partial charge in [-0.15, -0.1) is 0 Å². The SMILES string of the molecule is C=Cc1ccc(-c2[c]cccc2)cc1. The molecule has 0 atom stereocenters. The van der Waals surface area contributed by atoms with Gasteiger partial charge in [-0.1, -0.05) is 61.2 Å². The zero-order valence-electron chi connectivity index (χ0n) is 7.90. The van der Waals surface area contributed by atoms with Crippen molar-refractivity contribution in [2.75, 3.05) is 0 Å². The summed E-state index contributed by atoms with van der Waals surface area (Å²) in [6.07, 6.45) is 1.85. The Kier molecular flexibility index (Phi) is 2.46. The fraction of sp³-hybridized carbons (Fsp3) is 0. The van der Waals surface area contributed by atoms with Crippen molar-refractivity contribution in [1.82, 2.24) is 0 Å². The van der Waals surface area contributed by atoms with Crippen LogP contribution in [-0.4, -0.2) is 0 Å². The predicted molar refractivity (Wildman–Crippen MR) is 60.8 cm³/mol. The minimum Gasteiger partial charge on any atom is -0.0985 e. The topological polar surface area (TPSA) is 0 Å². The highest BCUT2D eigenvalue weighted by Gasteiger charge is 1.95. The van der Waals surface area contributed by atoms with Gasteiger partial charge in [-0.05, 0) is 22.8 Å². The predicted octanol–water partition coefficient (Wildman–Crippen LogP) is 3.80. The number of rotatable bonds is 2. The molecule has 0 nitrogen and oxygen atoms in total. The van der Waals surface area contributed by atoms with Crippen LogP contribution in [0, 0.1) is 6.07 Å². The molecule has 14 heavy (non-hydrogen) atoms. The van der Waals surface area contributed by atoms with Crippen LogP contribution in [-0.2, 0) is 0 Å². The first-order valence-electron chi connectivity index (χ1n) is 4.60. The maximum absolute atomic E-state index is 3.73. The monoisotopic (exact) mass is 179 g/mol. The standard InChI is InChI=1S/C14H11/c1-2-12-8-10-14(11-9-12)13-6-4-3-5-7-13/h2-6,8-11H,1H2. The largest absolute Gasteiger partial charge is 0.0985 e. The van der Waals surface area contributed by atoms with Crippen molar-refractivity contribution in [3.63, 3.8) is 0 Å². The van der Waals surface area contributed by atoms with E-state index in [1.54, 1.807) is 0 Å². The van der Waals surface area contributed by atoms with E-state index in [9.17, 15) is 0 Å². The summed E-state index contributed by atoms with van der Waals surface area (Å²) in [7, 11) is 0. The number of benzene rings is 2. The molecule has 2 aromatic rings. The highest BCUT2D eigenvalue weighted by molar-refractivity contribution is 5.64. The van der Waals surface area contributed by atoms with Gasteiger partial charge in [-0.2, -0.15) is 0 Å². The Hall–Kier alpha value is -1.82. The molecule has 2 aromatic carbocycles. The van der Waals surface area contributed by atoms with Gasteiger partial charge in [0.2, 0.25) is 0 Å². The Morgan fingerprint density at radius 1 is 1.00 bits per heavy atom. The van der Waals surface area contributed by atoms with Gasteiger partial charge in [0.1, 0.15) is 0 Å². The van der Waals surface area contributed by atoms with Crippen LogP contribution in [0.2, 0.25) is 0 Å². The molecule has 0 fully saturated rings. The molecule has 0 saturated heterocycles. The molecule has 0 aliphatic heterocycles. The van der Waals surface area contributed by atoms with Crippen LogP contribution >= 0.6 is 0 Å². The van der Waals surface area contributed by atoms with E-state index >= 15 is 0 Å². The summed E-state index contributed by atoms with van der Waals surface area (Å²) in [4.78, 5) is 0. The molecule has 67 valence electrons. The summed E-state index contributed by atoms with van der Waals surface area (Å²) < 4.78 is 0. The average Bonchev–Trinajstić information content (AvgIpc) is 2.30. The summed E-state index contributed by atoms with van der Waals surface area (Å²) in [5.74, 6) is 0. The van der Waals surface area contributed by atoms with Crippen molar-refractivity contribution in [2.24, 2.45) is 0 Å². The maximum atomic E-state index is 3.73. The number of hydrogen-bond acceptors (Lipinski definition) is 0. The fourth-order valence-electron chi connectivity index (χ4n) is 1.37. The van der Waals surface area contributed by atoms with E-state index in [0.29, 0.717) is 0 Å². The molecule has 0 N–H and O–H groups in total. The summed E-state index contributed by atoms with van der Waals surface area (Å²) in [5.41, 5.74) is 3.46. The van der Waals surface area contributed by atoms with Crippen LogP contribution in [0.5, 0.6) is 0 Å². The molecule has 0 aromatic heterocycles. The lowest BCUT2D eigenvalue weighted by atomic mass is 10.0. The highest BCUT2D eigenvalue weighted by Crippen LogP contribution is 2.18. The van der Waals surface area contributed by atoms with E-state index in [-0.39, 0.29) is 0 Å². The van der Waals surface area contributed by atoms with Gasteiger partial charge < -0.3 is 0 Å². The van der Waals surface area contributed by atoms with Crippen molar-refractivity contribution >= 4 is 6.08 Å². The van der Waals surface area contributed by atoms with E-state index < -0.39 is 0 Å². The first-order valence-corrected chi connectivity index (χ1v) is 4.60. The van der Waals surface area contributed by atoms with Gasteiger partial charge in [-0.3, -0.25) is 0 Å². The zero-order valence-corrected chi connectivity index (χ0v) is 7.90. The Bertz CT molecular complexity index is 410. The minimum absolute atomic E-state index is 1.13. The normalized spacial score (nSPS) is 9.71. The molecule has 0 heteroatoms. The van der Waals surface area contributed by atoms with Gasteiger partial charge in [0.15, 0.2) is 0 Å². The van der Waals surface area contributed by atoms with Crippen molar-refractivity contribution in [3.8, 4) is 11.1 Å². The second-order valence-corrected chi connectivity index (χ2v) is 3.10. The zero-order chi connectivity index (χ0) is 9.80. The van der Waals surface area contributed by atoms with Gasteiger partial charge in [0, 0.05) is 0 Å². The second-order valence-electron chi connectivity index (χ2n) is 3.10. The Labute approximate surface area is 84.5 Å². The molecule has 0 aliphatic rings. The minimum atomic E-state index is 1.13. The molecule has 0 bridgehead atoms. The van der Waals surface area contributed by atoms with Gasteiger partial charge in [0.25, 0.3) is 0 Å². The lowest BCUT2D eigenvalue weighted by Crippen LogP contribution is -1.77.